The molecule has 1 amide bonds. The lowest BCUT2D eigenvalue weighted by Gasteiger charge is -2.29. The molecule has 0 bridgehead atoms. The number of nitrogen functional groups attached to an aromatic ring is 1. The molecular weight excluding hydrogens is 370 g/mol. The van der Waals surface area contributed by atoms with Crippen molar-refractivity contribution in [3.63, 3.8) is 0 Å². The van der Waals surface area contributed by atoms with E-state index in [9.17, 15) is 9.59 Å². The predicted molar refractivity (Wildman–Crippen MR) is 109 cm³/mol. The van der Waals surface area contributed by atoms with E-state index in [4.69, 9.17) is 21.0 Å². The fourth-order valence-electron chi connectivity index (χ4n) is 3.35. The van der Waals surface area contributed by atoms with Crippen molar-refractivity contribution in [1.82, 2.24) is 4.90 Å². The first-order chi connectivity index (χ1) is 13.8. The predicted octanol–water partition coefficient (Wildman–Crippen LogP) is 2.72. The minimum atomic E-state index is -0.902. The average molecular weight is 395 g/mol. The van der Waals surface area contributed by atoms with E-state index in [1.807, 2.05) is 31.2 Å². The van der Waals surface area contributed by atoms with E-state index in [1.54, 1.807) is 23.1 Å². The van der Waals surface area contributed by atoms with Gasteiger partial charge in [0.15, 0.2) is 0 Å². The Morgan fingerprint density at radius 1 is 1.28 bits per heavy atom. The fraction of sp³-hybridized carbons (Fsp3) is 0.318. The van der Waals surface area contributed by atoms with Gasteiger partial charge in [-0.05, 0) is 36.1 Å². The molecule has 1 unspecified atom stereocenters. The van der Waals surface area contributed by atoms with Gasteiger partial charge >= 0.3 is 5.97 Å². The van der Waals surface area contributed by atoms with Gasteiger partial charge in [-0.1, -0.05) is 36.4 Å². The van der Waals surface area contributed by atoms with Crippen LogP contribution in [0.15, 0.2) is 42.5 Å². The topological polar surface area (TPSA) is 117 Å². The molecule has 1 atom stereocenters. The smallest absolute Gasteiger partial charge is 0.305 e. The SMILES string of the molecule is CC(OCc1ccc(C(=N)N)cc1)c1ccc2c(c1)CCN(CCC(=O)O)C2=O. The zero-order chi connectivity index (χ0) is 21.0. The summed E-state index contributed by atoms with van der Waals surface area (Å²) in [5, 5.41) is 16.3. The van der Waals surface area contributed by atoms with E-state index < -0.39 is 5.97 Å². The van der Waals surface area contributed by atoms with Gasteiger partial charge in [0.2, 0.25) is 0 Å². The third-order valence-electron chi connectivity index (χ3n) is 5.13. The minimum absolute atomic E-state index is 0.0379. The Labute approximate surface area is 169 Å². The van der Waals surface area contributed by atoms with Crippen LogP contribution in [-0.4, -0.2) is 40.8 Å². The first-order valence-corrected chi connectivity index (χ1v) is 9.54. The van der Waals surface area contributed by atoms with E-state index in [0.29, 0.717) is 30.7 Å². The number of rotatable bonds is 8. The van der Waals surface area contributed by atoms with Crippen LogP contribution in [0.2, 0.25) is 0 Å². The lowest BCUT2D eigenvalue weighted by molar-refractivity contribution is -0.137. The van der Waals surface area contributed by atoms with Crippen molar-refractivity contribution in [2.24, 2.45) is 5.73 Å². The summed E-state index contributed by atoms with van der Waals surface area (Å²) in [5.74, 6) is -0.977. The van der Waals surface area contributed by atoms with Gasteiger partial charge in [-0.15, -0.1) is 0 Å². The molecule has 0 saturated carbocycles. The molecule has 0 aromatic heterocycles. The van der Waals surface area contributed by atoms with Crippen LogP contribution in [0.4, 0.5) is 0 Å². The van der Waals surface area contributed by atoms with Gasteiger partial charge in [0, 0.05) is 24.2 Å². The number of carbonyl (C=O) groups is 2. The molecule has 0 radical (unpaired) electrons. The zero-order valence-corrected chi connectivity index (χ0v) is 16.4. The molecule has 152 valence electrons. The molecule has 2 aromatic carbocycles. The summed E-state index contributed by atoms with van der Waals surface area (Å²) in [6, 6.07) is 13.1. The Morgan fingerprint density at radius 3 is 2.66 bits per heavy atom. The maximum atomic E-state index is 12.6. The number of amidine groups is 1. The number of carboxylic acids is 1. The normalized spacial score (nSPS) is 14.4. The van der Waals surface area contributed by atoms with E-state index in [0.717, 1.165) is 16.7 Å². The summed E-state index contributed by atoms with van der Waals surface area (Å²) in [4.78, 5) is 24.9. The summed E-state index contributed by atoms with van der Waals surface area (Å²) < 4.78 is 5.97. The first kappa shape index (κ1) is 20.5. The van der Waals surface area contributed by atoms with E-state index in [2.05, 4.69) is 0 Å². The van der Waals surface area contributed by atoms with Gasteiger partial charge in [-0.25, -0.2) is 0 Å². The molecule has 1 aliphatic rings. The Morgan fingerprint density at radius 2 is 2.00 bits per heavy atom. The van der Waals surface area contributed by atoms with Crippen molar-refractivity contribution in [2.75, 3.05) is 13.1 Å². The van der Waals surface area contributed by atoms with Crippen molar-refractivity contribution >= 4 is 17.7 Å². The van der Waals surface area contributed by atoms with Gasteiger partial charge in [0.05, 0.1) is 19.1 Å². The minimum Gasteiger partial charge on any atom is -0.481 e. The van der Waals surface area contributed by atoms with Gasteiger partial charge in [-0.2, -0.15) is 0 Å². The van der Waals surface area contributed by atoms with E-state index >= 15 is 0 Å². The van der Waals surface area contributed by atoms with E-state index in [1.165, 1.54) is 0 Å². The van der Waals surface area contributed by atoms with Crippen molar-refractivity contribution in [1.29, 1.82) is 5.41 Å². The zero-order valence-electron chi connectivity index (χ0n) is 16.4. The van der Waals surface area contributed by atoms with Crippen molar-refractivity contribution < 1.29 is 19.4 Å². The monoisotopic (exact) mass is 395 g/mol. The maximum Gasteiger partial charge on any atom is 0.305 e. The largest absolute Gasteiger partial charge is 0.481 e. The molecule has 1 aliphatic heterocycles. The van der Waals surface area contributed by atoms with Crippen LogP contribution in [0.25, 0.3) is 0 Å². The number of carboxylic acid groups (broad SMARTS) is 1. The number of carbonyl (C=O) groups excluding carboxylic acids is 1. The lowest BCUT2D eigenvalue weighted by Crippen LogP contribution is -2.38. The van der Waals surface area contributed by atoms with Crippen LogP contribution in [0.5, 0.6) is 0 Å². The number of aliphatic carboxylic acids is 1. The summed E-state index contributed by atoms with van der Waals surface area (Å²) >= 11 is 0. The summed E-state index contributed by atoms with van der Waals surface area (Å²) in [7, 11) is 0. The van der Waals surface area contributed by atoms with Crippen molar-refractivity contribution in [3.05, 3.63) is 70.3 Å². The lowest BCUT2D eigenvalue weighted by atomic mass is 9.95. The van der Waals surface area contributed by atoms with Crippen LogP contribution >= 0.6 is 0 Å². The van der Waals surface area contributed by atoms with Crippen LogP contribution in [0, 0.1) is 5.41 Å². The average Bonchev–Trinajstić information content (AvgIpc) is 2.71. The highest BCUT2D eigenvalue weighted by Crippen LogP contribution is 2.25. The molecule has 7 heteroatoms. The number of nitrogens with zero attached hydrogens (tertiary/aromatic N) is 1. The van der Waals surface area contributed by atoms with E-state index in [-0.39, 0.29) is 30.8 Å². The highest BCUT2D eigenvalue weighted by atomic mass is 16.5. The number of ether oxygens (including phenoxy) is 1. The molecule has 0 fully saturated rings. The Bertz CT molecular complexity index is 924. The highest BCUT2D eigenvalue weighted by Gasteiger charge is 2.25. The fourth-order valence-corrected chi connectivity index (χ4v) is 3.35. The standard InChI is InChI=1S/C22H25N3O4/c1-14(29-13-15-2-4-16(5-3-15)21(23)24)17-6-7-19-18(12-17)8-10-25(22(19)28)11-9-20(26)27/h2-7,12,14H,8-11,13H2,1H3,(H3,23,24)(H,26,27). The second kappa shape index (κ2) is 8.87. The molecule has 4 N–H and O–H groups in total. The number of fused-ring (bicyclic) bond motifs is 1. The number of amides is 1. The molecule has 0 spiro atoms. The molecule has 3 rings (SSSR count). The molecule has 29 heavy (non-hydrogen) atoms. The van der Waals surface area contributed by atoms with Crippen molar-refractivity contribution in [2.45, 2.75) is 32.5 Å². The Hall–Kier alpha value is -3.19. The van der Waals surface area contributed by atoms with Crippen molar-refractivity contribution in [3.8, 4) is 0 Å². The molecule has 1 heterocycles. The van der Waals surface area contributed by atoms with Crippen LogP contribution in [-0.2, 0) is 22.6 Å². The number of hydrogen-bond donors (Lipinski definition) is 3. The summed E-state index contributed by atoms with van der Waals surface area (Å²) in [5.41, 5.74) is 9.74. The third-order valence-corrected chi connectivity index (χ3v) is 5.13. The third kappa shape index (κ3) is 5.00. The number of hydrogen-bond acceptors (Lipinski definition) is 4. The van der Waals surface area contributed by atoms with Gasteiger partial charge < -0.3 is 20.5 Å². The highest BCUT2D eigenvalue weighted by molar-refractivity contribution is 5.97. The number of nitrogens with two attached hydrogens (primary N) is 1. The number of benzene rings is 2. The summed E-state index contributed by atoms with van der Waals surface area (Å²) in [6.45, 7) is 3.16. The van der Waals surface area contributed by atoms with Crippen LogP contribution in [0.3, 0.4) is 0 Å². The van der Waals surface area contributed by atoms with Gasteiger partial charge in [0.1, 0.15) is 5.84 Å². The van der Waals surface area contributed by atoms with Gasteiger partial charge in [-0.3, -0.25) is 15.0 Å². The Kier molecular flexibility index (Phi) is 6.29. The molecular formula is C22H25N3O4. The van der Waals surface area contributed by atoms with Crippen LogP contribution in [0.1, 0.15) is 52.1 Å². The van der Waals surface area contributed by atoms with Crippen LogP contribution < -0.4 is 5.73 Å². The maximum absolute atomic E-state index is 12.6. The molecule has 7 nitrogen and oxygen atoms in total. The van der Waals surface area contributed by atoms with Gasteiger partial charge in [0.25, 0.3) is 5.91 Å². The quantitative estimate of drug-likeness (QED) is 0.469. The second-order valence-corrected chi connectivity index (χ2v) is 7.17. The summed E-state index contributed by atoms with van der Waals surface area (Å²) in [6.07, 6.45) is 0.512. The Balaban J connectivity index is 1.62. The molecule has 0 saturated heterocycles. The number of nitrogens with one attached hydrogen (secondary N) is 1. The molecule has 2 aromatic rings. The first-order valence-electron chi connectivity index (χ1n) is 9.54. The molecule has 0 aliphatic carbocycles. The second-order valence-electron chi connectivity index (χ2n) is 7.17.